The van der Waals surface area contributed by atoms with E-state index < -0.39 is 59.9 Å². The molecule has 7 atom stereocenters. The maximum absolute atomic E-state index is 12.0. The number of H-pyrrole nitrogens is 1. The first-order chi connectivity index (χ1) is 15.1. The molecule has 3 heterocycles. The second-order valence-corrected chi connectivity index (χ2v) is 11.9. The van der Waals surface area contributed by atoms with Crippen molar-refractivity contribution in [2.75, 3.05) is 19.4 Å². The van der Waals surface area contributed by atoms with Crippen LogP contribution in [0.25, 0.3) is 11.2 Å². The van der Waals surface area contributed by atoms with Crippen molar-refractivity contribution in [2.24, 2.45) is 0 Å². The van der Waals surface area contributed by atoms with Crippen LogP contribution in [0.2, 0.25) is 0 Å². The van der Waals surface area contributed by atoms with Crippen molar-refractivity contribution in [1.29, 1.82) is 0 Å². The number of fused-ring (bicyclic) bond motifs is 1. The molecular weight excluding hydrogens is 515 g/mol. The lowest BCUT2D eigenvalue weighted by Gasteiger charge is -2.20. The van der Waals surface area contributed by atoms with Crippen LogP contribution in [0.3, 0.4) is 0 Å². The van der Waals surface area contributed by atoms with Gasteiger partial charge in [0, 0.05) is 0 Å². The van der Waals surface area contributed by atoms with E-state index in [4.69, 9.17) is 10.5 Å². The Balaban J connectivity index is 1.71. The highest BCUT2D eigenvalue weighted by Crippen LogP contribution is 2.61. The van der Waals surface area contributed by atoms with Gasteiger partial charge in [0.15, 0.2) is 17.4 Å². The number of nitrogens with zero attached hydrogens (tertiary/aromatic N) is 3. The average molecular weight is 535 g/mol. The molecule has 1 fully saturated rings. The summed E-state index contributed by atoms with van der Waals surface area (Å²) in [5, 5.41) is 22.3. The molecular formula is C11H20N7O12P3. The number of ether oxygens (including phenoxy) is 1. The molecule has 0 saturated carbocycles. The summed E-state index contributed by atoms with van der Waals surface area (Å²) in [6.45, 7) is -0.936. The number of phosphoric acid groups is 1. The minimum absolute atomic E-state index is 0.0875. The van der Waals surface area contributed by atoms with Gasteiger partial charge in [-0.15, -0.1) is 4.86 Å². The molecule has 33 heavy (non-hydrogen) atoms. The van der Waals surface area contributed by atoms with Crippen LogP contribution in [0.15, 0.2) is 11.1 Å². The van der Waals surface area contributed by atoms with Crippen molar-refractivity contribution in [2.45, 2.75) is 24.5 Å². The normalized spacial score (nSPS) is 28.9. The Hall–Kier alpha value is -1.56. The van der Waals surface area contributed by atoms with E-state index >= 15 is 0 Å². The fourth-order valence-electron chi connectivity index (χ4n) is 2.80. The molecule has 2 aromatic rings. The third kappa shape index (κ3) is 5.93. The number of nitrogen functional groups attached to an aromatic ring is 1. The van der Waals surface area contributed by atoms with Gasteiger partial charge < -0.3 is 35.4 Å². The summed E-state index contributed by atoms with van der Waals surface area (Å²) < 4.78 is 50.2. The van der Waals surface area contributed by atoms with Crippen LogP contribution in [0.1, 0.15) is 6.23 Å². The molecule has 2 aromatic heterocycles. The summed E-state index contributed by atoms with van der Waals surface area (Å²) in [6.07, 6.45) is -5.13. The molecule has 7 unspecified atom stereocenters. The lowest BCUT2D eigenvalue weighted by molar-refractivity contribution is -0.0501. The summed E-state index contributed by atoms with van der Waals surface area (Å²) in [5.41, 5.74) is 4.59. The first-order valence-electron chi connectivity index (χ1n) is 8.71. The van der Waals surface area contributed by atoms with Crippen molar-refractivity contribution in [1.82, 2.24) is 29.5 Å². The van der Waals surface area contributed by atoms with Gasteiger partial charge in [-0.05, 0) is 7.05 Å². The molecule has 186 valence electrons. The highest BCUT2D eigenvalue weighted by Gasteiger charge is 2.46. The highest BCUT2D eigenvalue weighted by molar-refractivity contribution is 7.72. The zero-order valence-electron chi connectivity index (χ0n) is 16.4. The predicted octanol–water partition coefficient (Wildman–Crippen LogP) is -2.54. The number of nitrogens with two attached hydrogens (primary N) is 1. The van der Waals surface area contributed by atoms with Crippen molar-refractivity contribution < 1.29 is 52.2 Å². The van der Waals surface area contributed by atoms with Crippen LogP contribution in [-0.4, -0.2) is 76.4 Å². The third-order valence-electron chi connectivity index (χ3n) is 4.24. The van der Waals surface area contributed by atoms with Gasteiger partial charge >= 0.3 is 23.2 Å². The first kappa shape index (κ1) is 26.1. The number of aliphatic hydroxyl groups excluding tert-OH is 2. The number of imidazole rings is 1. The van der Waals surface area contributed by atoms with Gasteiger partial charge in [0.25, 0.3) is 5.56 Å². The Bertz CT molecular complexity index is 1230. The van der Waals surface area contributed by atoms with E-state index in [9.17, 15) is 43.4 Å². The monoisotopic (exact) mass is 535 g/mol. The summed E-state index contributed by atoms with van der Waals surface area (Å²) >= 11 is 0. The van der Waals surface area contributed by atoms with E-state index in [0.29, 0.717) is 0 Å². The van der Waals surface area contributed by atoms with Crippen molar-refractivity contribution in [3.05, 3.63) is 16.7 Å². The second-order valence-electron chi connectivity index (χ2n) is 6.59. The van der Waals surface area contributed by atoms with Gasteiger partial charge in [-0.3, -0.25) is 23.4 Å². The molecule has 19 nitrogen and oxygen atoms in total. The Morgan fingerprint density at radius 3 is 2.58 bits per heavy atom. The molecule has 1 saturated heterocycles. The highest BCUT2D eigenvalue weighted by atomic mass is 31.3. The minimum atomic E-state index is -5.34. The molecule has 1 aliphatic heterocycles. The number of aromatic nitrogens is 4. The predicted molar refractivity (Wildman–Crippen MR) is 107 cm³/mol. The molecule has 1 aliphatic rings. The number of hydrogen-bond acceptors (Lipinski definition) is 12. The van der Waals surface area contributed by atoms with Gasteiger partial charge in [0.05, 0.1) is 12.9 Å². The zero-order chi connectivity index (χ0) is 24.8. The number of nitrogens with one attached hydrogen (secondary N) is 3. The third-order valence-corrected chi connectivity index (χ3v) is 9.13. The smallest absolute Gasteiger partial charge is 0.387 e. The number of aromatic amines is 1. The van der Waals surface area contributed by atoms with Gasteiger partial charge in [-0.25, -0.2) is 19.2 Å². The molecule has 0 radical (unpaired) electrons. The Morgan fingerprint density at radius 1 is 1.27 bits per heavy atom. The molecule has 10 N–H and O–H groups in total. The standard InChI is InChI=1S/C11H20N7O12P3/c1-13-31(22,23)17-32(24,25)30-33(26,27)28-2-4-6(19)7(20)10(29-4)18-3-14-5-8(18)15-11(12)16-9(5)21/h3-4,6-7,10,19-20H,2H2,1H3,(H,26,27)(H3,12,15,16,21)(H4,13,17,22,23,24,25). The number of rotatable bonds is 9. The number of hydrogen-bond donors (Lipinski definition) is 9. The summed E-state index contributed by atoms with van der Waals surface area (Å²) in [4.78, 5) is 51.4. The van der Waals surface area contributed by atoms with Crippen LogP contribution in [0.5, 0.6) is 0 Å². The number of anilines is 1. The fourth-order valence-corrected chi connectivity index (χ4v) is 6.68. The van der Waals surface area contributed by atoms with Gasteiger partial charge in [0.2, 0.25) is 5.95 Å². The lowest BCUT2D eigenvalue weighted by atomic mass is 10.1. The Labute approximate surface area is 183 Å². The van der Waals surface area contributed by atoms with E-state index in [-0.39, 0.29) is 17.1 Å². The topological polar surface area (TPSA) is 294 Å². The van der Waals surface area contributed by atoms with Gasteiger partial charge in [0.1, 0.15) is 18.3 Å². The number of phosphoric ester groups is 1. The maximum atomic E-state index is 12.0. The van der Waals surface area contributed by atoms with E-state index in [1.807, 2.05) is 0 Å². The zero-order valence-corrected chi connectivity index (χ0v) is 19.1. The summed E-state index contributed by atoms with van der Waals surface area (Å²) in [5.74, 6) is -0.256. The van der Waals surface area contributed by atoms with E-state index in [1.165, 1.54) is 4.86 Å². The van der Waals surface area contributed by atoms with E-state index in [0.717, 1.165) is 17.9 Å². The van der Waals surface area contributed by atoms with Crippen LogP contribution in [0, 0.1) is 0 Å². The lowest BCUT2D eigenvalue weighted by Crippen LogP contribution is -2.33. The molecule has 0 bridgehead atoms. The largest absolute Gasteiger partial charge is 0.480 e. The quantitative estimate of drug-likeness (QED) is 0.149. The molecule has 22 heteroatoms. The van der Waals surface area contributed by atoms with Crippen LogP contribution >= 0.6 is 23.2 Å². The maximum Gasteiger partial charge on any atom is 0.480 e. The SMILES string of the molecule is CNP(=O)(O)NP(=O)(O)OP(=O)(O)OCC1OC(n2cnc3c(=O)[nH]c(N)nc32)C(O)C1O. The van der Waals surface area contributed by atoms with Crippen molar-refractivity contribution in [3.63, 3.8) is 0 Å². The van der Waals surface area contributed by atoms with Gasteiger partial charge in [-0.1, -0.05) is 0 Å². The summed E-state index contributed by atoms with van der Waals surface area (Å²) in [6, 6.07) is 0. The number of aliphatic hydroxyl groups is 2. The fraction of sp³-hybridized carbons (Fsp3) is 0.545. The van der Waals surface area contributed by atoms with Crippen LogP contribution < -0.4 is 21.2 Å². The second kappa shape index (κ2) is 9.24. The molecule has 0 aromatic carbocycles. The van der Waals surface area contributed by atoms with E-state index in [2.05, 4.69) is 23.8 Å². The van der Waals surface area contributed by atoms with Crippen LogP contribution in [0.4, 0.5) is 5.95 Å². The average Bonchev–Trinajstić information content (AvgIpc) is 3.20. The Kier molecular flexibility index (Phi) is 7.29. The molecule has 0 spiro atoms. The molecule has 3 rings (SSSR count). The van der Waals surface area contributed by atoms with E-state index in [1.54, 1.807) is 5.09 Å². The van der Waals surface area contributed by atoms with Crippen molar-refractivity contribution >= 4 is 40.4 Å². The van der Waals surface area contributed by atoms with Gasteiger partial charge in [-0.2, -0.15) is 9.29 Å². The van der Waals surface area contributed by atoms with Crippen LogP contribution in [-0.2, 0) is 27.3 Å². The van der Waals surface area contributed by atoms with Crippen molar-refractivity contribution in [3.8, 4) is 0 Å². The minimum Gasteiger partial charge on any atom is -0.387 e. The molecule has 0 aliphatic carbocycles. The Morgan fingerprint density at radius 2 is 1.94 bits per heavy atom. The first-order valence-corrected chi connectivity index (χ1v) is 13.4. The molecule has 0 amide bonds. The summed E-state index contributed by atoms with van der Waals surface area (Å²) in [7, 11) is -14.3.